The first-order valence-corrected chi connectivity index (χ1v) is 7.73. The zero-order valence-corrected chi connectivity index (χ0v) is 12.1. The molecule has 1 aliphatic rings. The first-order chi connectivity index (χ1) is 9.40. The van der Waals surface area contributed by atoms with Gasteiger partial charge in [-0.2, -0.15) is 12.7 Å². The maximum atomic E-state index is 13.6. The molecule has 1 aliphatic heterocycles. The van der Waals surface area contributed by atoms with Crippen molar-refractivity contribution in [2.45, 2.75) is 6.54 Å². The Morgan fingerprint density at radius 2 is 1.95 bits per heavy atom. The van der Waals surface area contributed by atoms with Gasteiger partial charge in [-0.05, 0) is 17.7 Å². The van der Waals surface area contributed by atoms with E-state index in [2.05, 4.69) is 4.90 Å². The smallest absolute Gasteiger partial charge is 0.276 e. The molecule has 0 saturated carbocycles. The van der Waals surface area contributed by atoms with E-state index >= 15 is 0 Å². The summed E-state index contributed by atoms with van der Waals surface area (Å²) in [5, 5.41) is 5.08. The summed E-state index contributed by atoms with van der Waals surface area (Å²) >= 11 is 0. The van der Waals surface area contributed by atoms with E-state index in [4.69, 9.17) is 9.88 Å². The number of ether oxygens (including phenoxy) is 1. The van der Waals surface area contributed by atoms with Crippen molar-refractivity contribution in [2.75, 3.05) is 33.3 Å². The lowest BCUT2D eigenvalue weighted by molar-refractivity contribution is 0.181. The first kappa shape index (κ1) is 15.2. The monoisotopic (exact) mass is 303 g/mol. The van der Waals surface area contributed by atoms with Crippen LogP contribution in [-0.2, 0) is 16.8 Å². The molecule has 0 unspecified atom stereocenters. The summed E-state index contributed by atoms with van der Waals surface area (Å²) in [5.41, 5.74) is 0.826. The number of hydrogen-bond donors (Lipinski definition) is 1. The van der Waals surface area contributed by atoms with Crippen LogP contribution in [0.2, 0.25) is 0 Å². The molecule has 0 atom stereocenters. The standard InChI is InChI=1S/C12H18FN3O3S/c1-19-12-3-2-10(8-11(12)13)9-15-4-6-16(7-5-15)20(14,17)18/h2-3,8H,4-7,9H2,1H3,(H2,14,17,18). The van der Waals surface area contributed by atoms with Gasteiger partial charge in [0.1, 0.15) is 0 Å². The fourth-order valence-corrected chi connectivity index (χ4v) is 2.88. The second-order valence-corrected chi connectivity index (χ2v) is 6.24. The van der Waals surface area contributed by atoms with Gasteiger partial charge in [-0.1, -0.05) is 6.07 Å². The lowest BCUT2D eigenvalue weighted by atomic mass is 10.2. The molecule has 1 aromatic carbocycles. The van der Waals surface area contributed by atoms with E-state index in [9.17, 15) is 12.8 Å². The molecule has 0 spiro atoms. The number of nitrogens with zero attached hydrogens (tertiary/aromatic N) is 2. The molecule has 1 aromatic rings. The Bertz CT molecular complexity index is 571. The molecule has 6 nitrogen and oxygen atoms in total. The zero-order chi connectivity index (χ0) is 14.8. The summed E-state index contributed by atoms with van der Waals surface area (Å²) in [6, 6.07) is 4.82. The topological polar surface area (TPSA) is 75.9 Å². The van der Waals surface area contributed by atoms with Gasteiger partial charge < -0.3 is 4.74 Å². The number of methoxy groups -OCH3 is 1. The fourth-order valence-electron chi connectivity index (χ4n) is 2.21. The Hall–Kier alpha value is -1.22. The number of piperazine rings is 1. The summed E-state index contributed by atoms with van der Waals surface area (Å²) in [5.74, 6) is -0.180. The van der Waals surface area contributed by atoms with E-state index < -0.39 is 16.0 Å². The number of halogens is 1. The van der Waals surface area contributed by atoms with Gasteiger partial charge in [-0.15, -0.1) is 0 Å². The maximum Gasteiger partial charge on any atom is 0.276 e. The van der Waals surface area contributed by atoms with Gasteiger partial charge >= 0.3 is 0 Å². The molecule has 0 aliphatic carbocycles. The summed E-state index contributed by atoms with van der Waals surface area (Å²) in [4.78, 5) is 2.06. The molecule has 0 aromatic heterocycles. The van der Waals surface area contributed by atoms with Gasteiger partial charge in [0.15, 0.2) is 11.6 Å². The van der Waals surface area contributed by atoms with Crippen LogP contribution in [0, 0.1) is 5.82 Å². The van der Waals surface area contributed by atoms with Crippen molar-refractivity contribution < 1.29 is 17.5 Å². The fraction of sp³-hybridized carbons (Fsp3) is 0.500. The Morgan fingerprint density at radius 1 is 1.30 bits per heavy atom. The van der Waals surface area contributed by atoms with Gasteiger partial charge in [0.2, 0.25) is 0 Å². The summed E-state index contributed by atoms with van der Waals surface area (Å²) in [6.07, 6.45) is 0. The molecule has 1 saturated heterocycles. The molecule has 20 heavy (non-hydrogen) atoms. The van der Waals surface area contributed by atoms with Gasteiger partial charge in [0.25, 0.3) is 10.2 Å². The molecule has 2 rings (SSSR count). The number of hydrogen-bond acceptors (Lipinski definition) is 4. The Labute approximate surface area is 118 Å². The third-order valence-corrected chi connectivity index (χ3v) is 4.40. The van der Waals surface area contributed by atoms with Crippen LogP contribution in [0.1, 0.15) is 5.56 Å². The van der Waals surface area contributed by atoms with Crippen molar-refractivity contribution in [3.8, 4) is 5.75 Å². The predicted molar refractivity (Wildman–Crippen MR) is 72.9 cm³/mol. The van der Waals surface area contributed by atoms with Gasteiger partial charge in [0.05, 0.1) is 7.11 Å². The summed E-state index contributed by atoms with van der Waals surface area (Å²) in [7, 11) is -2.19. The second kappa shape index (κ2) is 6.04. The van der Waals surface area contributed by atoms with E-state index in [-0.39, 0.29) is 5.75 Å². The lowest BCUT2D eigenvalue weighted by Crippen LogP contribution is -2.50. The average molecular weight is 303 g/mol. The molecule has 1 heterocycles. The molecule has 112 valence electrons. The van der Waals surface area contributed by atoms with E-state index in [0.29, 0.717) is 32.7 Å². The number of rotatable bonds is 4. The van der Waals surface area contributed by atoms with Gasteiger partial charge in [-0.25, -0.2) is 9.53 Å². The van der Waals surface area contributed by atoms with Crippen molar-refractivity contribution in [3.05, 3.63) is 29.6 Å². The predicted octanol–water partition coefficient (Wildman–Crippen LogP) is 0.155. The maximum absolute atomic E-state index is 13.6. The highest BCUT2D eigenvalue weighted by Crippen LogP contribution is 2.19. The van der Waals surface area contributed by atoms with Crippen LogP contribution >= 0.6 is 0 Å². The Morgan fingerprint density at radius 3 is 2.45 bits per heavy atom. The van der Waals surface area contributed by atoms with Crippen molar-refractivity contribution in [3.63, 3.8) is 0 Å². The van der Waals surface area contributed by atoms with Crippen molar-refractivity contribution in [1.29, 1.82) is 0 Å². The first-order valence-electron chi connectivity index (χ1n) is 6.23. The zero-order valence-electron chi connectivity index (χ0n) is 11.3. The van der Waals surface area contributed by atoms with Gasteiger partial charge in [-0.3, -0.25) is 4.90 Å². The van der Waals surface area contributed by atoms with Crippen molar-refractivity contribution in [2.24, 2.45) is 5.14 Å². The van der Waals surface area contributed by atoms with Crippen LogP contribution in [0.25, 0.3) is 0 Å². The minimum atomic E-state index is -3.61. The van der Waals surface area contributed by atoms with Crippen LogP contribution < -0.4 is 9.88 Å². The molecule has 0 bridgehead atoms. The molecular formula is C12H18FN3O3S. The third kappa shape index (κ3) is 3.66. The van der Waals surface area contributed by atoms with Crippen molar-refractivity contribution >= 4 is 10.2 Å². The summed E-state index contributed by atoms with van der Waals surface area (Å²) < 4.78 is 42.1. The molecule has 0 radical (unpaired) electrons. The molecule has 2 N–H and O–H groups in total. The van der Waals surface area contributed by atoms with Gasteiger partial charge in [0, 0.05) is 32.7 Å². The van der Waals surface area contributed by atoms with E-state index in [1.165, 1.54) is 17.5 Å². The Balaban J connectivity index is 1.94. The normalized spacial score (nSPS) is 18.1. The highest BCUT2D eigenvalue weighted by molar-refractivity contribution is 7.86. The average Bonchev–Trinajstić information content (AvgIpc) is 2.38. The van der Waals surface area contributed by atoms with Crippen LogP contribution in [0.3, 0.4) is 0 Å². The minimum absolute atomic E-state index is 0.216. The second-order valence-electron chi connectivity index (χ2n) is 4.69. The SMILES string of the molecule is COc1ccc(CN2CCN(S(N)(=O)=O)CC2)cc1F. The molecule has 8 heteroatoms. The van der Waals surface area contributed by atoms with E-state index in [0.717, 1.165) is 5.56 Å². The number of benzene rings is 1. The van der Waals surface area contributed by atoms with Crippen LogP contribution in [0.5, 0.6) is 5.75 Å². The van der Waals surface area contributed by atoms with Crippen molar-refractivity contribution in [1.82, 2.24) is 9.21 Å². The highest BCUT2D eigenvalue weighted by atomic mass is 32.2. The van der Waals surface area contributed by atoms with Crippen LogP contribution in [0.4, 0.5) is 4.39 Å². The minimum Gasteiger partial charge on any atom is -0.494 e. The van der Waals surface area contributed by atoms with Crippen LogP contribution in [-0.4, -0.2) is 50.9 Å². The Kier molecular flexibility index (Phi) is 4.59. The van der Waals surface area contributed by atoms with E-state index in [1.54, 1.807) is 12.1 Å². The molecular weight excluding hydrogens is 285 g/mol. The lowest BCUT2D eigenvalue weighted by Gasteiger charge is -2.32. The molecule has 0 amide bonds. The molecule has 1 fully saturated rings. The highest BCUT2D eigenvalue weighted by Gasteiger charge is 2.23. The quantitative estimate of drug-likeness (QED) is 0.859. The van der Waals surface area contributed by atoms with Crippen LogP contribution in [0.15, 0.2) is 18.2 Å². The largest absolute Gasteiger partial charge is 0.494 e. The third-order valence-electron chi connectivity index (χ3n) is 3.31. The number of nitrogens with two attached hydrogens (primary N) is 1. The summed E-state index contributed by atoms with van der Waals surface area (Å²) in [6.45, 7) is 2.43. The van der Waals surface area contributed by atoms with E-state index in [1.807, 2.05) is 0 Å².